The highest BCUT2D eigenvalue weighted by Crippen LogP contribution is 2.45. The fraction of sp³-hybridized carbons (Fsp3) is 0.923. The van der Waals surface area contributed by atoms with Gasteiger partial charge in [-0.1, -0.05) is 6.42 Å². The zero-order valence-corrected chi connectivity index (χ0v) is 11.1. The molecule has 4 nitrogen and oxygen atoms in total. The van der Waals surface area contributed by atoms with E-state index in [9.17, 15) is 4.79 Å². The van der Waals surface area contributed by atoms with Crippen LogP contribution in [0.15, 0.2) is 0 Å². The van der Waals surface area contributed by atoms with Gasteiger partial charge in [-0.3, -0.25) is 0 Å². The number of rotatable bonds is 1. The van der Waals surface area contributed by atoms with E-state index in [2.05, 4.69) is 10.6 Å². The Morgan fingerprint density at radius 2 is 2.12 bits per heavy atom. The molecule has 1 amide bonds. The van der Waals surface area contributed by atoms with Gasteiger partial charge in [0.05, 0.1) is 0 Å². The summed E-state index contributed by atoms with van der Waals surface area (Å²) in [4.78, 5) is 11.7. The summed E-state index contributed by atoms with van der Waals surface area (Å²) < 4.78 is 5.28. The summed E-state index contributed by atoms with van der Waals surface area (Å²) >= 11 is 0. The molecule has 1 spiro atoms. The lowest BCUT2D eigenvalue weighted by Crippen LogP contribution is -2.56. The molecule has 1 saturated heterocycles. The molecule has 17 heavy (non-hydrogen) atoms. The number of carbonyl (C=O) groups excluding carboxylic acids is 1. The number of carbonyl (C=O) groups is 1. The molecule has 1 aliphatic heterocycles. The third-order valence-electron chi connectivity index (χ3n) is 3.71. The van der Waals surface area contributed by atoms with Gasteiger partial charge in [-0.15, -0.1) is 0 Å². The van der Waals surface area contributed by atoms with Crippen LogP contribution in [0.2, 0.25) is 0 Å². The van der Waals surface area contributed by atoms with Gasteiger partial charge in [0.15, 0.2) is 0 Å². The Morgan fingerprint density at radius 3 is 2.65 bits per heavy atom. The quantitative estimate of drug-likeness (QED) is 0.737. The minimum Gasteiger partial charge on any atom is -0.444 e. The van der Waals surface area contributed by atoms with Crippen LogP contribution in [0, 0.1) is 5.41 Å². The molecule has 2 aliphatic rings. The summed E-state index contributed by atoms with van der Waals surface area (Å²) in [7, 11) is 0. The van der Waals surface area contributed by atoms with Gasteiger partial charge in [-0.2, -0.15) is 0 Å². The number of alkyl carbamates (subject to hydrolysis) is 1. The Morgan fingerprint density at radius 1 is 1.41 bits per heavy atom. The summed E-state index contributed by atoms with van der Waals surface area (Å²) in [5.41, 5.74) is 0.0399. The molecule has 0 aromatic rings. The van der Waals surface area contributed by atoms with Crippen molar-refractivity contribution in [1.82, 2.24) is 10.6 Å². The normalized spacial score (nSPS) is 27.4. The summed E-state index contributed by atoms with van der Waals surface area (Å²) in [5.74, 6) is 0. The molecule has 1 heterocycles. The molecular formula is C13H24N2O2. The fourth-order valence-electron chi connectivity index (χ4n) is 2.81. The average Bonchev–Trinajstić information content (AvgIpc) is 2.12. The van der Waals surface area contributed by atoms with Gasteiger partial charge in [-0.25, -0.2) is 4.79 Å². The maximum Gasteiger partial charge on any atom is 0.407 e. The van der Waals surface area contributed by atoms with Crippen LogP contribution in [0.3, 0.4) is 0 Å². The SMILES string of the molecule is CC(C)(C)OC(=O)N[C@@H]1CNCC2(CCC2)C1. The minimum atomic E-state index is -0.416. The lowest BCUT2D eigenvalue weighted by Gasteiger charge is -2.47. The van der Waals surface area contributed by atoms with Crippen LogP contribution in [-0.4, -0.2) is 30.8 Å². The Labute approximate surface area is 103 Å². The zero-order valence-electron chi connectivity index (χ0n) is 11.1. The molecule has 4 heteroatoms. The third-order valence-corrected chi connectivity index (χ3v) is 3.71. The highest BCUT2D eigenvalue weighted by molar-refractivity contribution is 5.68. The first kappa shape index (κ1) is 12.7. The van der Waals surface area contributed by atoms with Gasteiger partial charge in [-0.05, 0) is 45.4 Å². The van der Waals surface area contributed by atoms with Crippen LogP contribution in [0.4, 0.5) is 4.79 Å². The molecule has 0 aromatic carbocycles. The van der Waals surface area contributed by atoms with Crippen LogP contribution in [0.1, 0.15) is 46.5 Å². The van der Waals surface area contributed by atoms with Crippen molar-refractivity contribution < 1.29 is 9.53 Å². The Balaban J connectivity index is 1.80. The average molecular weight is 240 g/mol. The van der Waals surface area contributed by atoms with E-state index in [1.54, 1.807) is 0 Å². The summed E-state index contributed by atoms with van der Waals surface area (Å²) in [6, 6.07) is 0.221. The second kappa shape index (κ2) is 4.48. The van der Waals surface area contributed by atoms with E-state index >= 15 is 0 Å². The van der Waals surface area contributed by atoms with Gasteiger partial charge in [0, 0.05) is 19.1 Å². The van der Waals surface area contributed by atoms with Gasteiger partial charge >= 0.3 is 6.09 Å². The number of ether oxygens (including phenoxy) is 1. The molecule has 0 unspecified atom stereocenters. The molecule has 0 aromatic heterocycles. The summed E-state index contributed by atoms with van der Waals surface area (Å²) in [6.45, 7) is 7.64. The highest BCUT2D eigenvalue weighted by atomic mass is 16.6. The van der Waals surface area contributed by atoms with Crippen molar-refractivity contribution in [1.29, 1.82) is 0 Å². The van der Waals surface area contributed by atoms with Crippen molar-refractivity contribution >= 4 is 6.09 Å². The molecule has 2 rings (SSSR count). The minimum absolute atomic E-state index is 0.221. The van der Waals surface area contributed by atoms with E-state index in [0.29, 0.717) is 5.41 Å². The Kier molecular flexibility index (Phi) is 3.34. The second-order valence-corrected chi connectivity index (χ2v) is 6.53. The molecule has 0 bridgehead atoms. The Bertz CT molecular complexity index is 292. The van der Waals surface area contributed by atoms with Crippen molar-refractivity contribution in [2.45, 2.75) is 58.1 Å². The van der Waals surface area contributed by atoms with Gasteiger partial charge < -0.3 is 15.4 Å². The lowest BCUT2D eigenvalue weighted by molar-refractivity contribution is 0.0388. The predicted molar refractivity (Wildman–Crippen MR) is 66.9 cm³/mol. The van der Waals surface area contributed by atoms with Gasteiger partial charge in [0.25, 0.3) is 0 Å². The van der Waals surface area contributed by atoms with E-state index in [4.69, 9.17) is 4.74 Å². The van der Waals surface area contributed by atoms with Crippen LogP contribution < -0.4 is 10.6 Å². The number of hydrogen-bond acceptors (Lipinski definition) is 3. The first-order chi connectivity index (χ1) is 7.89. The van der Waals surface area contributed by atoms with Crippen molar-refractivity contribution in [2.75, 3.05) is 13.1 Å². The molecule has 0 radical (unpaired) electrons. The van der Waals surface area contributed by atoms with Crippen molar-refractivity contribution in [3.05, 3.63) is 0 Å². The fourth-order valence-corrected chi connectivity index (χ4v) is 2.81. The van der Waals surface area contributed by atoms with E-state index in [1.165, 1.54) is 19.3 Å². The van der Waals surface area contributed by atoms with E-state index in [1.807, 2.05) is 20.8 Å². The first-order valence-corrected chi connectivity index (χ1v) is 6.59. The molecule has 2 N–H and O–H groups in total. The molecule has 98 valence electrons. The zero-order chi connectivity index (χ0) is 12.5. The third kappa shape index (κ3) is 3.35. The molecule has 2 fully saturated rings. The number of amides is 1. The van der Waals surface area contributed by atoms with Crippen molar-refractivity contribution in [3.8, 4) is 0 Å². The maximum atomic E-state index is 11.7. The monoisotopic (exact) mass is 240 g/mol. The smallest absolute Gasteiger partial charge is 0.407 e. The second-order valence-electron chi connectivity index (χ2n) is 6.53. The van der Waals surface area contributed by atoms with Crippen LogP contribution in [0.25, 0.3) is 0 Å². The summed E-state index contributed by atoms with van der Waals surface area (Å²) in [6.07, 6.45) is 4.74. The number of piperidine rings is 1. The number of hydrogen-bond donors (Lipinski definition) is 2. The summed E-state index contributed by atoms with van der Waals surface area (Å²) in [5, 5.41) is 6.40. The van der Waals surface area contributed by atoms with Crippen LogP contribution in [-0.2, 0) is 4.74 Å². The topological polar surface area (TPSA) is 50.4 Å². The van der Waals surface area contributed by atoms with Gasteiger partial charge in [0.2, 0.25) is 0 Å². The Hall–Kier alpha value is -0.770. The van der Waals surface area contributed by atoms with Gasteiger partial charge in [0.1, 0.15) is 5.60 Å². The highest BCUT2D eigenvalue weighted by Gasteiger charge is 2.41. The first-order valence-electron chi connectivity index (χ1n) is 6.59. The largest absolute Gasteiger partial charge is 0.444 e. The van der Waals surface area contributed by atoms with E-state index < -0.39 is 5.60 Å². The maximum absolute atomic E-state index is 11.7. The molecule has 1 saturated carbocycles. The van der Waals surface area contributed by atoms with Crippen molar-refractivity contribution in [2.24, 2.45) is 5.41 Å². The molecular weight excluding hydrogens is 216 g/mol. The standard InChI is InChI=1S/C13H24N2O2/c1-12(2,3)17-11(16)15-10-7-13(5-4-6-13)9-14-8-10/h10,14H,4-9H2,1-3H3,(H,15,16)/t10-/m0/s1. The van der Waals surface area contributed by atoms with E-state index in [-0.39, 0.29) is 12.1 Å². The van der Waals surface area contributed by atoms with Crippen LogP contribution >= 0.6 is 0 Å². The number of nitrogens with one attached hydrogen (secondary N) is 2. The predicted octanol–water partition coefficient (Wildman–Crippen LogP) is 2.04. The van der Waals surface area contributed by atoms with Crippen molar-refractivity contribution in [3.63, 3.8) is 0 Å². The molecule has 1 aliphatic carbocycles. The molecule has 1 atom stereocenters. The van der Waals surface area contributed by atoms with Crippen LogP contribution in [0.5, 0.6) is 0 Å². The van der Waals surface area contributed by atoms with E-state index in [0.717, 1.165) is 19.5 Å². The lowest BCUT2D eigenvalue weighted by atomic mass is 9.64.